The zero-order valence-corrected chi connectivity index (χ0v) is 48.3. The molecule has 14 aromatic carbocycles. The minimum atomic E-state index is 0.811. The van der Waals surface area contributed by atoms with Crippen LogP contribution in [0.5, 0.6) is 0 Å². The molecule has 0 aliphatic carbocycles. The van der Waals surface area contributed by atoms with Gasteiger partial charge in [0, 0.05) is 60.2 Å². The summed E-state index contributed by atoms with van der Waals surface area (Å²) in [5, 5.41) is 9.09. The van der Waals surface area contributed by atoms with Gasteiger partial charge in [-0.05, 0) is 171 Å². The maximum absolute atomic E-state index is 6.79. The number of rotatable bonds is 10. The van der Waals surface area contributed by atoms with Gasteiger partial charge in [0.15, 0.2) is 11.2 Å². The van der Waals surface area contributed by atoms with Gasteiger partial charge in [0.2, 0.25) is 0 Å². The lowest BCUT2D eigenvalue weighted by Crippen LogP contribution is -2.10. The van der Waals surface area contributed by atoms with Crippen molar-refractivity contribution in [3.8, 4) is 67.0 Å². The summed E-state index contributed by atoms with van der Waals surface area (Å²) in [6.45, 7) is 0. The Labute approximate surface area is 513 Å². The minimum absolute atomic E-state index is 0.811. The molecule has 18 aromatic rings. The van der Waals surface area contributed by atoms with Crippen LogP contribution >= 0.6 is 0 Å². The molecule has 0 atom stereocenters. The number of aromatic nitrogens is 2. The monoisotopic (exact) mass is 1140 g/mol. The average molecular weight is 1140 g/mol. The maximum atomic E-state index is 6.79. The van der Waals surface area contributed by atoms with Crippen molar-refractivity contribution in [3.63, 3.8) is 0 Å². The zero-order valence-electron chi connectivity index (χ0n) is 48.3. The Bertz CT molecular complexity index is 5440. The molecule has 18 rings (SSSR count). The summed E-state index contributed by atoms with van der Waals surface area (Å²) in [6, 6.07) is 116. The third kappa shape index (κ3) is 8.32. The second-order valence-corrected chi connectivity index (χ2v) is 23.2. The average Bonchev–Trinajstić information content (AvgIpc) is 1.81. The third-order valence-electron chi connectivity index (χ3n) is 18.1. The van der Waals surface area contributed by atoms with Crippen LogP contribution in [0, 0.1) is 0 Å². The van der Waals surface area contributed by atoms with Crippen molar-refractivity contribution in [2.24, 2.45) is 0 Å². The molecule has 5 nitrogen and oxygen atoms in total. The largest absolute Gasteiger partial charge is 0.454 e. The van der Waals surface area contributed by atoms with Crippen LogP contribution in [0.15, 0.2) is 330 Å². The Morgan fingerprint density at radius 1 is 0.213 bits per heavy atom. The van der Waals surface area contributed by atoms with Crippen LogP contribution in [-0.4, -0.2) is 9.13 Å². The van der Waals surface area contributed by atoms with E-state index in [9.17, 15) is 0 Å². The van der Waals surface area contributed by atoms with Gasteiger partial charge in [-0.3, -0.25) is 0 Å². The Morgan fingerprint density at radius 3 is 1.01 bits per heavy atom. The second-order valence-electron chi connectivity index (χ2n) is 23.2. The summed E-state index contributed by atoms with van der Waals surface area (Å²) in [6.07, 6.45) is 0. The number of benzene rings is 14. The number of anilines is 3. The normalized spacial score (nSPS) is 11.8. The van der Waals surface area contributed by atoms with E-state index in [-0.39, 0.29) is 0 Å². The smallest absolute Gasteiger partial charge is 0.159 e. The molecule has 0 fully saturated rings. The Balaban J connectivity index is 0.802. The summed E-state index contributed by atoms with van der Waals surface area (Å²) < 4.78 is 18.4. The van der Waals surface area contributed by atoms with Crippen LogP contribution in [0.4, 0.5) is 17.1 Å². The van der Waals surface area contributed by atoms with Crippen LogP contribution in [-0.2, 0) is 0 Å². The first-order valence-electron chi connectivity index (χ1n) is 30.4. The molecule has 5 heteroatoms. The van der Waals surface area contributed by atoms with Crippen LogP contribution in [0.1, 0.15) is 0 Å². The highest BCUT2D eigenvalue weighted by molar-refractivity contribution is 6.15. The molecule has 0 aliphatic heterocycles. The number of hydrogen-bond donors (Lipinski definition) is 0. The van der Waals surface area contributed by atoms with Crippen LogP contribution < -0.4 is 4.90 Å². The fraction of sp³-hybridized carbons (Fsp3) is 0. The lowest BCUT2D eigenvalue weighted by Gasteiger charge is -2.26. The van der Waals surface area contributed by atoms with E-state index in [4.69, 9.17) is 8.83 Å². The summed E-state index contributed by atoms with van der Waals surface area (Å²) in [5.74, 6) is 0. The Kier molecular flexibility index (Phi) is 11.5. The quantitative estimate of drug-likeness (QED) is 0.137. The molecule has 0 bridgehead atoms. The summed E-state index contributed by atoms with van der Waals surface area (Å²) in [5.41, 5.74) is 24.6. The molecule has 0 saturated carbocycles. The summed E-state index contributed by atoms with van der Waals surface area (Å²) in [4.78, 5) is 2.30. The summed E-state index contributed by atoms with van der Waals surface area (Å²) >= 11 is 0. The topological polar surface area (TPSA) is 39.4 Å². The van der Waals surface area contributed by atoms with Gasteiger partial charge < -0.3 is 22.9 Å². The van der Waals surface area contributed by atoms with Crippen LogP contribution in [0.3, 0.4) is 0 Å². The first-order valence-corrected chi connectivity index (χ1v) is 30.4. The highest BCUT2D eigenvalue weighted by atomic mass is 16.3. The first-order chi connectivity index (χ1) is 44.1. The van der Waals surface area contributed by atoms with Crippen molar-refractivity contribution < 1.29 is 8.83 Å². The SMILES string of the molecule is c1ccc(-c2ccc(-n3c4ccccc4c4cc(-c5cc(-c6ccc(N(c7cccc8c7oc7ccccc78)c7cccc8c7oc7ccccc78)cc6)cc(-c6ccc7c(c6)c6ccccc6n7-c6ccc(-c7ccccc7)cc6)c5)ccc43)cc2)cc1. The van der Waals surface area contributed by atoms with E-state index in [1.165, 1.54) is 54.8 Å². The number of nitrogens with zero attached hydrogens (tertiary/aromatic N) is 3. The first kappa shape index (κ1) is 50.4. The molecule has 89 heavy (non-hydrogen) atoms. The van der Waals surface area contributed by atoms with Crippen molar-refractivity contribution in [2.45, 2.75) is 0 Å². The molecule has 416 valence electrons. The van der Waals surface area contributed by atoms with Gasteiger partial charge in [-0.1, -0.05) is 206 Å². The maximum Gasteiger partial charge on any atom is 0.159 e. The van der Waals surface area contributed by atoms with Gasteiger partial charge in [0.1, 0.15) is 11.2 Å². The Morgan fingerprint density at radius 2 is 0.551 bits per heavy atom. The van der Waals surface area contributed by atoms with E-state index in [0.29, 0.717) is 0 Å². The van der Waals surface area contributed by atoms with E-state index in [1.807, 2.05) is 24.3 Å². The zero-order chi connectivity index (χ0) is 58.5. The van der Waals surface area contributed by atoms with Gasteiger partial charge in [0.25, 0.3) is 0 Å². The van der Waals surface area contributed by atoms with Crippen molar-refractivity contribution in [1.82, 2.24) is 9.13 Å². The van der Waals surface area contributed by atoms with E-state index >= 15 is 0 Å². The Hall–Kier alpha value is -11.9. The number of para-hydroxylation sites is 6. The van der Waals surface area contributed by atoms with E-state index in [0.717, 1.165) is 117 Å². The van der Waals surface area contributed by atoms with Crippen molar-refractivity contribution in [2.75, 3.05) is 4.90 Å². The molecule has 0 radical (unpaired) electrons. The van der Waals surface area contributed by atoms with Gasteiger partial charge in [-0.2, -0.15) is 0 Å². The molecule has 4 aromatic heterocycles. The van der Waals surface area contributed by atoms with Gasteiger partial charge in [-0.25, -0.2) is 0 Å². The molecule has 0 saturated heterocycles. The minimum Gasteiger partial charge on any atom is -0.454 e. The van der Waals surface area contributed by atoms with Crippen molar-refractivity contribution >= 4 is 105 Å². The molecule has 4 heterocycles. The lowest BCUT2D eigenvalue weighted by molar-refractivity contribution is 0.666. The molecule has 0 aliphatic rings. The van der Waals surface area contributed by atoms with Gasteiger partial charge >= 0.3 is 0 Å². The molecule has 0 amide bonds. The highest BCUT2D eigenvalue weighted by Gasteiger charge is 2.24. The highest BCUT2D eigenvalue weighted by Crippen LogP contribution is 2.47. The van der Waals surface area contributed by atoms with E-state index in [1.54, 1.807) is 0 Å². The molecule has 0 N–H and O–H groups in total. The lowest BCUT2D eigenvalue weighted by atomic mass is 9.92. The van der Waals surface area contributed by atoms with Crippen molar-refractivity contribution in [1.29, 1.82) is 0 Å². The number of hydrogen-bond acceptors (Lipinski definition) is 3. The fourth-order valence-electron chi connectivity index (χ4n) is 13.9. The summed E-state index contributed by atoms with van der Waals surface area (Å²) in [7, 11) is 0. The molecule has 0 spiro atoms. The second kappa shape index (κ2) is 20.4. The van der Waals surface area contributed by atoms with Gasteiger partial charge in [0.05, 0.1) is 33.4 Å². The fourth-order valence-corrected chi connectivity index (χ4v) is 13.9. The van der Waals surface area contributed by atoms with Crippen LogP contribution in [0.25, 0.3) is 154 Å². The van der Waals surface area contributed by atoms with Crippen LogP contribution in [0.2, 0.25) is 0 Å². The third-order valence-corrected chi connectivity index (χ3v) is 18.1. The predicted octanol–water partition coefficient (Wildman–Crippen LogP) is 23.5. The standard InChI is InChI=1S/C84H53N3O2/c1-3-17-54(18-4-1)56-33-41-64(42-34-56)85-75-27-11-7-21-67(75)73-52-59(39-47-77(73)85)62-49-61(50-63(51-62)60-40-48-78-74(53-60)68-22-8-12-28-76(68)86(78)65-43-35-57(36-44-65)55-19-5-2-6-20-55)58-37-45-66(46-38-58)87(79-29-15-25-71-69-23-9-13-31-81(69)88-83(71)79)80-30-16-26-72-70-24-10-14-32-82(70)89-84(72)80/h1-53H. The molecule has 0 unspecified atom stereocenters. The molecular formula is C84H53N3O2. The van der Waals surface area contributed by atoms with Gasteiger partial charge in [-0.15, -0.1) is 0 Å². The van der Waals surface area contributed by atoms with E-state index in [2.05, 4.69) is 311 Å². The predicted molar refractivity (Wildman–Crippen MR) is 372 cm³/mol. The molecular weight excluding hydrogens is 1080 g/mol. The number of fused-ring (bicyclic) bond motifs is 12. The van der Waals surface area contributed by atoms with E-state index < -0.39 is 0 Å². The van der Waals surface area contributed by atoms with Crippen molar-refractivity contribution in [3.05, 3.63) is 322 Å². The number of furan rings is 2.